The zero-order valence-electron chi connectivity index (χ0n) is 20.1. The number of H-pyrrole nitrogens is 1. The van der Waals surface area contributed by atoms with Gasteiger partial charge in [0.05, 0.1) is 7.11 Å². The molecule has 2 saturated heterocycles. The van der Waals surface area contributed by atoms with Gasteiger partial charge in [-0.1, -0.05) is 19.9 Å². The maximum atomic E-state index is 13.6. The maximum Gasteiger partial charge on any atom is 0.271 e. The quantitative estimate of drug-likeness (QED) is 0.461. The number of carbonyl (C=O) groups is 4. The van der Waals surface area contributed by atoms with E-state index < -0.39 is 23.9 Å². The summed E-state index contributed by atoms with van der Waals surface area (Å²) in [5.41, 5.74) is 6.63. The fraction of sp³-hybridized carbons (Fsp3) is 0.520. The summed E-state index contributed by atoms with van der Waals surface area (Å²) >= 11 is 0. The highest BCUT2D eigenvalue weighted by molar-refractivity contribution is 6.02. The number of nitrogens with one attached hydrogen (secondary N) is 3. The summed E-state index contributed by atoms with van der Waals surface area (Å²) in [5, 5.41) is 6.29. The molecule has 1 aliphatic carbocycles. The van der Waals surface area contributed by atoms with Crippen molar-refractivity contribution in [2.75, 3.05) is 20.2 Å². The van der Waals surface area contributed by atoms with Crippen molar-refractivity contribution in [1.29, 1.82) is 0 Å². The van der Waals surface area contributed by atoms with Crippen molar-refractivity contribution in [2.24, 2.45) is 28.9 Å². The molecule has 5 atom stereocenters. The molecule has 4 amide bonds. The van der Waals surface area contributed by atoms with E-state index in [0.717, 1.165) is 10.9 Å². The molecule has 1 aromatic heterocycles. The van der Waals surface area contributed by atoms with Crippen molar-refractivity contribution in [2.45, 2.75) is 38.8 Å². The number of likely N-dealkylation sites (tertiary alicyclic amines) is 1. The second-order valence-electron chi connectivity index (χ2n) is 10.4. The molecule has 1 unspecified atom stereocenters. The van der Waals surface area contributed by atoms with Gasteiger partial charge in [0.15, 0.2) is 0 Å². The van der Waals surface area contributed by atoms with Crippen LogP contribution in [0, 0.1) is 23.2 Å². The number of nitrogens with zero attached hydrogens (tertiary/aromatic N) is 1. The number of nitrogens with two attached hydrogens (primary N) is 1. The number of benzene rings is 1. The fourth-order valence-corrected chi connectivity index (χ4v) is 6.03. The highest BCUT2D eigenvalue weighted by atomic mass is 16.5. The highest BCUT2D eigenvalue weighted by Crippen LogP contribution is 2.65. The Hall–Kier alpha value is -3.56. The van der Waals surface area contributed by atoms with Crippen LogP contribution >= 0.6 is 0 Å². The van der Waals surface area contributed by atoms with Gasteiger partial charge in [0.2, 0.25) is 17.7 Å². The van der Waals surface area contributed by atoms with E-state index in [1.165, 1.54) is 0 Å². The van der Waals surface area contributed by atoms with Crippen molar-refractivity contribution in [1.82, 2.24) is 20.5 Å². The van der Waals surface area contributed by atoms with Crippen molar-refractivity contribution < 1.29 is 23.9 Å². The molecule has 1 aromatic carbocycles. The number of fused-ring (bicyclic) bond motifs is 2. The molecule has 10 nitrogen and oxygen atoms in total. The van der Waals surface area contributed by atoms with Gasteiger partial charge in [-0.2, -0.15) is 0 Å². The van der Waals surface area contributed by atoms with E-state index in [-0.39, 0.29) is 41.4 Å². The highest BCUT2D eigenvalue weighted by Gasteiger charge is 2.69. The minimum atomic E-state index is -0.980. The lowest BCUT2D eigenvalue weighted by atomic mass is 9.96. The van der Waals surface area contributed by atoms with E-state index in [1.54, 1.807) is 18.1 Å². The Kier molecular flexibility index (Phi) is 5.49. The molecule has 2 aromatic rings. The Bertz CT molecular complexity index is 1220. The SMILES string of the molecule is COc1cccc2[nH]c(C(=O)N3C[C@H]4[C@@H]([C@H]3C(=O)N[C@@H](CC3CCNC3=O)C(N)=O)C4(C)C)cc12. The summed E-state index contributed by atoms with van der Waals surface area (Å²) in [5.74, 6) is -1.07. The summed E-state index contributed by atoms with van der Waals surface area (Å²) in [4.78, 5) is 56.0. The van der Waals surface area contributed by atoms with Gasteiger partial charge in [0.1, 0.15) is 23.5 Å². The molecule has 1 saturated carbocycles. The molecule has 3 heterocycles. The van der Waals surface area contributed by atoms with Crippen LogP contribution in [-0.2, 0) is 14.4 Å². The topological polar surface area (TPSA) is 147 Å². The minimum absolute atomic E-state index is 0.0197. The summed E-state index contributed by atoms with van der Waals surface area (Å²) in [7, 11) is 1.57. The number of methoxy groups -OCH3 is 1. The van der Waals surface area contributed by atoms with Gasteiger partial charge < -0.3 is 31.0 Å². The minimum Gasteiger partial charge on any atom is -0.496 e. The Labute approximate surface area is 202 Å². The monoisotopic (exact) mass is 481 g/mol. The predicted molar refractivity (Wildman–Crippen MR) is 127 cm³/mol. The largest absolute Gasteiger partial charge is 0.496 e. The number of hydrogen-bond acceptors (Lipinski definition) is 5. The molecule has 35 heavy (non-hydrogen) atoms. The predicted octanol–water partition coefficient (Wildman–Crippen LogP) is 0.769. The van der Waals surface area contributed by atoms with Crippen molar-refractivity contribution in [3.8, 4) is 5.75 Å². The van der Waals surface area contributed by atoms with Crippen LogP contribution in [0.1, 0.15) is 37.2 Å². The zero-order valence-corrected chi connectivity index (χ0v) is 20.1. The molecule has 0 spiro atoms. The molecule has 3 fully saturated rings. The van der Waals surface area contributed by atoms with Gasteiger partial charge in [-0.3, -0.25) is 19.2 Å². The van der Waals surface area contributed by atoms with E-state index in [0.29, 0.717) is 31.0 Å². The lowest BCUT2D eigenvalue weighted by molar-refractivity contribution is -0.131. The Morgan fingerprint density at radius 2 is 2.09 bits per heavy atom. The normalized spacial score (nSPS) is 27.3. The summed E-state index contributed by atoms with van der Waals surface area (Å²) < 4.78 is 5.40. The second-order valence-corrected chi connectivity index (χ2v) is 10.4. The average molecular weight is 482 g/mol. The first-order chi connectivity index (χ1) is 16.6. The molecule has 186 valence electrons. The number of ether oxygens (including phenoxy) is 1. The third kappa shape index (κ3) is 3.81. The second kappa shape index (κ2) is 8.28. The number of carbonyl (C=O) groups excluding carboxylic acids is 4. The smallest absolute Gasteiger partial charge is 0.271 e. The van der Waals surface area contributed by atoms with Gasteiger partial charge in [-0.15, -0.1) is 0 Å². The van der Waals surface area contributed by atoms with Crippen molar-refractivity contribution >= 4 is 34.5 Å². The van der Waals surface area contributed by atoms with Gasteiger partial charge in [-0.25, -0.2) is 0 Å². The Morgan fingerprint density at radius 1 is 1.31 bits per heavy atom. The van der Waals surface area contributed by atoms with Crippen LogP contribution in [0.5, 0.6) is 5.75 Å². The third-order valence-corrected chi connectivity index (χ3v) is 8.16. The van der Waals surface area contributed by atoms with Gasteiger partial charge >= 0.3 is 0 Å². The Morgan fingerprint density at radius 3 is 2.74 bits per heavy atom. The summed E-state index contributed by atoms with van der Waals surface area (Å²) in [6, 6.07) is 5.56. The van der Waals surface area contributed by atoms with Crippen LogP contribution in [0.4, 0.5) is 0 Å². The maximum absolute atomic E-state index is 13.6. The summed E-state index contributed by atoms with van der Waals surface area (Å²) in [6.45, 7) is 5.17. The molecule has 3 aliphatic rings. The molecule has 2 aliphatic heterocycles. The number of piperidine rings is 1. The molecule has 0 radical (unpaired) electrons. The van der Waals surface area contributed by atoms with Crippen molar-refractivity contribution in [3.63, 3.8) is 0 Å². The molecule has 10 heteroatoms. The lowest BCUT2D eigenvalue weighted by Gasteiger charge is -2.31. The first kappa shape index (κ1) is 23.2. The van der Waals surface area contributed by atoms with Crippen LogP contribution in [0.15, 0.2) is 24.3 Å². The van der Waals surface area contributed by atoms with Crippen molar-refractivity contribution in [3.05, 3.63) is 30.0 Å². The first-order valence-corrected chi connectivity index (χ1v) is 12.0. The lowest BCUT2D eigenvalue weighted by Crippen LogP contribution is -2.55. The number of primary amides is 1. The van der Waals surface area contributed by atoms with Gasteiger partial charge in [0.25, 0.3) is 5.91 Å². The fourth-order valence-electron chi connectivity index (χ4n) is 6.03. The molecule has 5 rings (SSSR count). The molecule has 0 bridgehead atoms. The number of hydrogen-bond donors (Lipinski definition) is 4. The first-order valence-electron chi connectivity index (χ1n) is 12.0. The van der Waals surface area contributed by atoms with Crippen LogP contribution < -0.4 is 21.1 Å². The zero-order chi connectivity index (χ0) is 25.1. The number of amides is 4. The summed E-state index contributed by atoms with van der Waals surface area (Å²) in [6.07, 6.45) is 0.737. The number of aromatic amines is 1. The van der Waals surface area contributed by atoms with E-state index in [4.69, 9.17) is 10.5 Å². The van der Waals surface area contributed by atoms with E-state index in [2.05, 4.69) is 29.5 Å². The van der Waals surface area contributed by atoms with Crippen LogP contribution in [-0.4, -0.2) is 65.8 Å². The van der Waals surface area contributed by atoms with Gasteiger partial charge in [0, 0.05) is 29.9 Å². The van der Waals surface area contributed by atoms with E-state index in [9.17, 15) is 19.2 Å². The molecular weight excluding hydrogens is 450 g/mol. The van der Waals surface area contributed by atoms with Gasteiger partial charge in [-0.05, 0) is 48.3 Å². The average Bonchev–Trinajstić information content (AvgIpc) is 3.33. The number of rotatable bonds is 7. The molecular formula is C25H31N5O5. The van der Waals surface area contributed by atoms with Crippen LogP contribution in [0.3, 0.4) is 0 Å². The van der Waals surface area contributed by atoms with Crippen LogP contribution in [0.25, 0.3) is 10.9 Å². The Balaban J connectivity index is 1.39. The molecule has 5 N–H and O–H groups in total. The third-order valence-electron chi connectivity index (χ3n) is 8.16. The van der Waals surface area contributed by atoms with E-state index in [1.807, 2.05) is 18.2 Å². The number of aromatic nitrogens is 1. The van der Waals surface area contributed by atoms with Crippen LogP contribution in [0.2, 0.25) is 0 Å². The van der Waals surface area contributed by atoms with E-state index >= 15 is 0 Å². The standard InChI is InChI=1S/C25H31N5O5/c1-25(2)14-11-30(24(34)17-10-13-15(28-17)5-4-6-18(13)35-3)20(19(14)25)23(33)29-16(21(26)31)9-12-7-8-27-22(12)32/h4-6,10,12,14,16,19-20,28H,7-9,11H2,1-3H3,(H2,26,31)(H,27,32)(H,29,33)/t12?,14-,16-,19-,20-/m0/s1.